The summed E-state index contributed by atoms with van der Waals surface area (Å²) in [5, 5.41) is 1.23. The summed E-state index contributed by atoms with van der Waals surface area (Å²) in [7, 11) is 0. The highest BCUT2D eigenvalue weighted by Gasteiger charge is 2.07. The lowest BCUT2D eigenvalue weighted by Gasteiger charge is -2.07. The molecule has 0 bridgehead atoms. The monoisotopic (exact) mass is 201 g/mol. The maximum atomic E-state index is 10.6. The zero-order chi connectivity index (χ0) is 10.8. The van der Waals surface area contributed by atoms with Gasteiger partial charge in [-0.1, -0.05) is 18.2 Å². The number of fused-ring (bicyclic) bond motifs is 1. The Labute approximate surface area is 89.5 Å². The smallest absolute Gasteiger partial charge is 0.124 e. The van der Waals surface area contributed by atoms with E-state index in [1.165, 1.54) is 16.6 Å². The van der Waals surface area contributed by atoms with Crippen LogP contribution >= 0.6 is 0 Å². The number of aldehydes is 1. The molecule has 1 heterocycles. The molecule has 2 rings (SSSR count). The first-order valence-electron chi connectivity index (χ1n) is 5.29. The molecule has 0 atom stereocenters. The van der Waals surface area contributed by atoms with E-state index in [1.54, 1.807) is 0 Å². The molecular formula is C13H15NO. The van der Waals surface area contributed by atoms with E-state index in [9.17, 15) is 4.79 Å². The first kappa shape index (κ1) is 9.97. The Hall–Kier alpha value is -1.57. The van der Waals surface area contributed by atoms with Crippen LogP contribution in [0, 0.1) is 6.92 Å². The van der Waals surface area contributed by atoms with E-state index < -0.39 is 0 Å². The van der Waals surface area contributed by atoms with Crippen LogP contribution in [0.25, 0.3) is 10.9 Å². The first-order valence-corrected chi connectivity index (χ1v) is 5.29. The third kappa shape index (κ3) is 1.56. The quantitative estimate of drug-likeness (QED) is 0.700. The molecule has 0 amide bonds. The van der Waals surface area contributed by atoms with Crippen LogP contribution in [0.2, 0.25) is 0 Å². The van der Waals surface area contributed by atoms with Gasteiger partial charge >= 0.3 is 0 Å². The fraction of sp³-hybridized carbons (Fsp3) is 0.308. The Bertz CT molecular complexity index is 496. The molecule has 1 aromatic heterocycles. The van der Waals surface area contributed by atoms with Crippen molar-refractivity contribution in [1.29, 1.82) is 0 Å². The van der Waals surface area contributed by atoms with E-state index in [0.717, 1.165) is 18.4 Å². The van der Waals surface area contributed by atoms with E-state index in [2.05, 4.69) is 30.5 Å². The number of aromatic nitrogens is 1. The molecule has 0 fully saturated rings. The predicted octanol–water partition coefficient (Wildman–Crippen LogP) is 2.71. The van der Waals surface area contributed by atoms with Gasteiger partial charge in [0.15, 0.2) is 0 Å². The van der Waals surface area contributed by atoms with Gasteiger partial charge in [-0.3, -0.25) is 0 Å². The third-order valence-corrected chi connectivity index (χ3v) is 2.83. The Balaban J connectivity index is 2.75. The summed E-state index contributed by atoms with van der Waals surface area (Å²) in [6, 6.07) is 8.32. The molecule has 2 nitrogen and oxygen atoms in total. The molecule has 1 aromatic carbocycles. The summed E-state index contributed by atoms with van der Waals surface area (Å²) >= 11 is 0. The number of carbonyl (C=O) groups excluding carboxylic acids is 1. The van der Waals surface area contributed by atoms with Crippen LogP contribution in [0.4, 0.5) is 0 Å². The van der Waals surface area contributed by atoms with Gasteiger partial charge in [-0.15, -0.1) is 0 Å². The maximum absolute atomic E-state index is 10.6. The summed E-state index contributed by atoms with van der Waals surface area (Å²) in [5.74, 6) is 0. The Morgan fingerprint density at radius 2 is 2.20 bits per heavy atom. The van der Waals surface area contributed by atoms with Crippen LogP contribution in [0.3, 0.4) is 0 Å². The number of para-hydroxylation sites is 1. The van der Waals surface area contributed by atoms with Crippen molar-refractivity contribution in [1.82, 2.24) is 4.57 Å². The normalized spacial score (nSPS) is 10.8. The van der Waals surface area contributed by atoms with Crippen LogP contribution in [0.1, 0.15) is 18.2 Å². The largest absolute Gasteiger partial charge is 0.345 e. The zero-order valence-corrected chi connectivity index (χ0v) is 9.16. The van der Waals surface area contributed by atoms with E-state index in [1.807, 2.05) is 12.1 Å². The number of hydrogen-bond donors (Lipinski definition) is 0. The molecule has 2 aromatic rings. The standard InChI is InChI=1S/C13H15NO/c1-3-14-10(2)9-12-6-4-5-11(7-8-15)13(12)14/h4-6,8-9H,3,7H2,1-2H3. The van der Waals surface area contributed by atoms with Gasteiger partial charge in [-0.05, 0) is 25.5 Å². The molecule has 0 aliphatic rings. The van der Waals surface area contributed by atoms with E-state index in [4.69, 9.17) is 0 Å². The van der Waals surface area contributed by atoms with Gasteiger partial charge in [-0.2, -0.15) is 0 Å². The van der Waals surface area contributed by atoms with Gasteiger partial charge in [0.05, 0.1) is 5.52 Å². The second-order valence-corrected chi connectivity index (χ2v) is 3.76. The van der Waals surface area contributed by atoms with Crippen molar-refractivity contribution >= 4 is 17.2 Å². The highest BCUT2D eigenvalue weighted by Crippen LogP contribution is 2.23. The molecule has 0 N–H and O–H groups in total. The molecule has 0 radical (unpaired) electrons. The highest BCUT2D eigenvalue weighted by molar-refractivity contribution is 5.86. The third-order valence-electron chi connectivity index (χ3n) is 2.83. The van der Waals surface area contributed by atoms with Crippen molar-refractivity contribution in [3.8, 4) is 0 Å². The second-order valence-electron chi connectivity index (χ2n) is 3.76. The Morgan fingerprint density at radius 1 is 1.40 bits per heavy atom. The summed E-state index contributed by atoms with van der Waals surface area (Å²) in [6.45, 7) is 5.18. The summed E-state index contributed by atoms with van der Waals surface area (Å²) in [6.07, 6.45) is 1.47. The minimum Gasteiger partial charge on any atom is -0.345 e. The van der Waals surface area contributed by atoms with Gasteiger partial charge < -0.3 is 9.36 Å². The summed E-state index contributed by atoms with van der Waals surface area (Å²) in [4.78, 5) is 10.6. The van der Waals surface area contributed by atoms with E-state index >= 15 is 0 Å². The molecule has 78 valence electrons. The summed E-state index contributed by atoms with van der Waals surface area (Å²) in [5.41, 5.74) is 3.59. The highest BCUT2D eigenvalue weighted by atomic mass is 16.1. The fourth-order valence-corrected chi connectivity index (χ4v) is 2.20. The lowest BCUT2D eigenvalue weighted by atomic mass is 10.1. The van der Waals surface area contributed by atoms with Crippen molar-refractivity contribution in [3.63, 3.8) is 0 Å². The van der Waals surface area contributed by atoms with Crippen molar-refractivity contribution in [2.45, 2.75) is 26.8 Å². The molecule has 2 heteroatoms. The van der Waals surface area contributed by atoms with Crippen LogP contribution < -0.4 is 0 Å². The predicted molar refractivity (Wildman–Crippen MR) is 62.1 cm³/mol. The molecular weight excluding hydrogens is 186 g/mol. The Morgan fingerprint density at radius 3 is 2.87 bits per heavy atom. The minimum absolute atomic E-state index is 0.501. The van der Waals surface area contributed by atoms with Gasteiger partial charge in [0.1, 0.15) is 6.29 Å². The first-order chi connectivity index (χ1) is 7.27. The molecule has 0 aliphatic carbocycles. The number of aryl methyl sites for hydroxylation is 2. The number of carbonyl (C=O) groups is 1. The maximum Gasteiger partial charge on any atom is 0.124 e. The molecule has 0 spiro atoms. The topological polar surface area (TPSA) is 22.0 Å². The fourth-order valence-electron chi connectivity index (χ4n) is 2.20. The second kappa shape index (κ2) is 3.89. The zero-order valence-electron chi connectivity index (χ0n) is 9.16. The van der Waals surface area contributed by atoms with Gasteiger partial charge in [0, 0.05) is 24.0 Å². The van der Waals surface area contributed by atoms with Crippen molar-refractivity contribution in [2.75, 3.05) is 0 Å². The van der Waals surface area contributed by atoms with Crippen molar-refractivity contribution in [2.24, 2.45) is 0 Å². The SMILES string of the molecule is CCn1c(C)cc2cccc(CC=O)c21. The Kier molecular flexibility index (Phi) is 2.58. The van der Waals surface area contributed by atoms with Crippen LogP contribution in [-0.4, -0.2) is 10.9 Å². The molecule has 0 saturated heterocycles. The lowest BCUT2D eigenvalue weighted by molar-refractivity contribution is -0.107. The van der Waals surface area contributed by atoms with E-state index in [-0.39, 0.29) is 0 Å². The van der Waals surface area contributed by atoms with E-state index in [0.29, 0.717) is 6.42 Å². The van der Waals surface area contributed by atoms with Crippen LogP contribution in [-0.2, 0) is 17.8 Å². The molecule has 15 heavy (non-hydrogen) atoms. The van der Waals surface area contributed by atoms with Gasteiger partial charge in [0.2, 0.25) is 0 Å². The molecule has 0 unspecified atom stereocenters. The summed E-state index contributed by atoms with van der Waals surface area (Å²) < 4.78 is 2.26. The van der Waals surface area contributed by atoms with Gasteiger partial charge in [0.25, 0.3) is 0 Å². The van der Waals surface area contributed by atoms with Crippen LogP contribution in [0.15, 0.2) is 24.3 Å². The minimum atomic E-state index is 0.501. The average molecular weight is 201 g/mol. The van der Waals surface area contributed by atoms with Crippen LogP contribution in [0.5, 0.6) is 0 Å². The lowest BCUT2D eigenvalue weighted by Crippen LogP contribution is -1.99. The van der Waals surface area contributed by atoms with Crippen molar-refractivity contribution < 1.29 is 4.79 Å². The average Bonchev–Trinajstić information content (AvgIpc) is 2.55. The number of rotatable bonds is 3. The number of benzene rings is 1. The number of hydrogen-bond acceptors (Lipinski definition) is 1. The van der Waals surface area contributed by atoms with Gasteiger partial charge in [-0.25, -0.2) is 0 Å². The van der Waals surface area contributed by atoms with Crippen molar-refractivity contribution in [3.05, 3.63) is 35.5 Å². The molecule has 0 saturated carbocycles. The number of nitrogens with zero attached hydrogens (tertiary/aromatic N) is 1. The molecule has 0 aliphatic heterocycles.